The van der Waals surface area contributed by atoms with Crippen LogP contribution in [0.5, 0.6) is 0 Å². The van der Waals surface area contributed by atoms with E-state index in [0.29, 0.717) is 0 Å². The largest absolute Gasteiger partial charge is 0.309 e. The molecule has 0 bridgehead atoms. The predicted molar refractivity (Wildman–Crippen MR) is 229 cm³/mol. The van der Waals surface area contributed by atoms with Crippen molar-refractivity contribution in [1.29, 1.82) is 0 Å². The zero-order valence-corrected chi connectivity index (χ0v) is 29.5. The van der Waals surface area contributed by atoms with E-state index >= 15 is 0 Å². The van der Waals surface area contributed by atoms with Crippen molar-refractivity contribution in [3.63, 3.8) is 0 Å². The maximum atomic E-state index is 2.43. The topological polar surface area (TPSA) is 9.86 Å². The molecule has 0 N–H and O–H groups in total. The van der Waals surface area contributed by atoms with E-state index in [2.05, 4.69) is 215 Å². The number of para-hydroxylation sites is 3. The zero-order valence-electron chi connectivity index (χ0n) is 29.5. The van der Waals surface area contributed by atoms with Gasteiger partial charge >= 0.3 is 0 Å². The number of rotatable bonds is 5. The number of fused-ring (bicyclic) bond motifs is 7. The van der Waals surface area contributed by atoms with Crippen LogP contribution in [0.2, 0.25) is 0 Å². The van der Waals surface area contributed by atoms with Gasteiger partial charge in [-0.2, -0.15) is 0 Å². The molecule has 0 radical (unpaired) electrons. The molecule has 0 aliphatic heterocycles. The SMILES string of the molecule is c1ccc(-c2ccc3cc(-n4c5ccccc5c5ccc(-c6cccc(-c7ccc8c(c7)c7ccccc7n8-c7ccccc7)c6)cc54)ccc3c2)cc1. The molecule has 0 fully saturated rings. The van der Waals surface area contributed by atoms with Crippen molar-refractivity contribution < 1.29 is 0 Å². The van der Waals surface area contributed by atoms with Crippen molar-refractivity contribution in [2.75, 3.05) is 0 Å². The normalized spacial score (nSPS) is 11.7. The van der Waals surface area contributed by atoms with Crippen LogP contribution >= 0.6 is 0 Å². The summed E-state index contributed by atoms with van der Waals surface area (Å²) in [5, 5.41) is 7.50. The Hall–Kier alpha value is -7.16. The third kappa shape index (κ3) is 4.88. The fourth-order valence-corrected chi connectivity index (χ4v) is 8.50. The minimum absolute atomic E-state index is 1.16. The second-order valence-electron chi connectivity index (χ2n) is 14.2. The van der Waals surface area contributed by atoms with Crippen LogP contribution in [0.4, 0.5) is 0 Å². The Morgan fingerprint density at radius 2 is 0.722 bits per heavy atom. The zero-order chi connectivity index (χ0) is 35.6. The molecule has 0 aliphatic rings. The Morgan fingerprint density at radius 1 is 0.222 bits per heavy atom. The summed E-state index contributed by atoms with van der Waals surface area (Å²) in [5.74, 6) is 0. The van der Waals surface area contributed by atoms with Crippen molar-refractivity contribution in [2.45, 2.75) is 0 Å². The van der Waals surface area contributed by atoms with E-state index in [1.54, 1.807) is 0 Å². The van der Waals surface area contributed by atoms with E-state index in [4.69, 9.17) is 0 Å². The summed E-state index contributed by atoms with van der Waals surface area (Å²) in [5.41, 5.74) is 14.5. The lowest BCUT2D eigenvalue weighted by Crippen LogP contribution is -1.94. The van der Waals surface area contributed by atoms with Gasteiger partial charge in [0.05, 0.1) is 22.1 Å². The Labute approximate surface area is 313 Å². The second kappa shape index (κ2) is 12.2. The van der Waals surface area contributed by atoms with Crippen molar-refractivity contribution in [2.24, 2.45) is 0 Å². The van der Waals surface area contributed by atoms with Crippen LogP contribution in [-0.4, -0.2) is 9.13 Å². The molecule has 252 valence electrons. The molecule has 9 aromatic carbocycles. The first-order valence-electron chi connectivity index (χ1n) is 18.6. The number of nitrogens with zero attached hydrogens (tertiary/aromatic N) is 2. The van der Waals surface area contributed by atoms with Crippen LogP contribution in [0.1, 0.15) is 0 Å². The maximum absolute atomic E-state index is 2.43. The van der Waals surface area contributed by atoms with Gasteiger partial charge in [-0.15, -0.1) is 0 Å². The van der Waals surface area contributed by atoms with Crippen LogP contribution in [0.25, 0.3) is 99.1 Å². The van der Waals surface area contributed by atoms with Gasteiger partial charge in [0.2, 0.25) is 0 Å². The molecule has 0 amide bonds. The Morgan fingerprint density at radius 3 is 1.50 bits per heavy atom. The number of benzene rings is 9. The Balaban J connectivity index is 1.02. The van der Waals surface area contributed by atoms with Gasteiger partial charge in [0.25, 0.3) is 0 Å². The Kier molecular flexibility index (Phi) is 6.90. The average Bonchev–Trinajstić information content (AvgIpc) is 3.76. The summed E-state index contributed by atoms with van der Waals surface area (Å²) in [6, 6.07) is 75.2. The highest BCUT2D eigenvalue weighted by Gasteiger charge is 2.16. The summed E-state index contributed by atoms with van der Waals surface area (Å²) in [6.07, 6.45) is 0. The summed E-state index contributed by atoms with van der Waals surface area (Å²) >= 11 is 0. The molecule has 54 heavy (non-hydrogen) atoms. The lowest BCUT2D eigenvalue weighted by Gasteiger charge is -2.12. The summed E-state index contributed by atoms with van der Waals surface area (Å²) in [4.78, 5) is 0. The van der Waals surface area contributed by atoms with E-state index in [1.165, 1.54) is 93.5 Å². The molecular formula is C52H34N2. The monoisotopic (exact) mass is 686 g/mol. The van der Waals surface area contributed by atoms with Gasteiger partial charge in [-0.1, -0.05) is 140 Å². The van der Waals surface area contributed by atoms with E-state index in [-0.39, 0.29) is 0 Å². The summed E-state index contributed by atoms with van der Waals surface area (Å²) < 4.78 is 4.80. The molecule has 0 saturated carbocycles. The van der Waals surface area contributed by atoms with Gasteiger partial charge in [-0.25, -0.2) is 0 Å². The van der Waals surface area contributed by atoms with Crippen LogP contribution in [-0.2, 0) is 0 Å². The van der Waals surface area contributed by atoms with Gasteiger partial charge in [0.1, 0.15) is 0 Å². The quantitative estimate of drug-likeness (QED) is 0.171. The standard InChI is InChI=1S/C52H34N2/c1-3-12-35(13-4-1)38-22-23-40-32-44(27-24-39(40)31-38)54-49-20-9-7-18-45(49)47-28-25-42(34-52(47)54)37-15-11-14-36(30-37)41-26-29-51-48(33-41)46-19-8-10-21-50(46)53(51)43-16-5-2-6-17-43/h1-34H. The first-order valence-corrected chi connectivity index (χ1v) is 18.6. The van der Waals surface area contributed by atoms with Crippen molar-refractivity contribution in [1.82, 2.24) is 9.13 Å². The van der Waals surface area contributed by atoms with Gasteiger partial charge in [0, 0.05) is 32.9 Å². The van der Waals surface area contributed by atoms with Crippen molar-refractivity contribution in [3.05, 3.63) is 206 Å². The molecule has 11 rings (SSSR count). The highest BCUT2D eigenvalue weighted by molar-refractivity contribution is 6.12. The fourth-order valence-electron chi connectivity index (χ4n) is 8.50. The van der Waals surface area contributed by atoms with E-state index in [0.717, 1.165) is 5.69 Å². The molecule has 0 unspecified atom stereocenters. The number of hydrogen-bond donors (Lipinski definition) is 0. The number of hydrogen-bond acceptors (Lipinski definition) is 0. The first kappa shape index (κ1) is 30.5. The van der Waals surface area contributed by atoms with Gasteiger partial charge in [0.15, 0.2) is 0 Å². The fraction of sp³-hybridized carbons (Fsp3) is 0. The molecule has 2 nitrogen and oxygen atoms in total. The van der Waals surface area contributed by atoms with Crippen LogP contribution in [0.15, 0.2) is 206 Å². The first-order chi connectivity index (χ1) is 26.8. The lowest BCUT2D eigenvalue weighted by molar-refractivity contribution is 1.18. The molecule has 11 aromatic rings. The molecule has 2 aromatic heterocycles. The minimum Gasteiger partial charge on any atom is -0.309 e. The average molecular weight is 687 g/mol. The third-order valence-corrected chi connectivity index (χ3v) is 11.1. The molecule has 0 saturated heterocycles. The smallest absolute Gasteiger partial charge is 0.0547 e. The van der Waals surface area contributed by atoms with E-state index in [9.17, 15) is 0 Å². The van der Waals surface area contributed by atoms with Crippen molar-refractivity contribution in [3.8, 4) is 44.8 Å². The molecule has 2 heterocycles. The van der Waals surface area contributed by atoms with Gasteiger partial charge in [-0.3, -0.25) is 0 Å². The molecule has 0 atom stereocenters. The van der Waals surface area contributed by atoms with Crippen LogP contribution in [0.3, 0.4) is 0 Å². The molecular weight excluding hydrogens is 653 g/mol. The van der Waals surface area contributed by atoms with Crippen LogP contribution < -0.4 is 0 Å². The van der Waals surface area contributed by atoms with Gasteiger partial charge in [-0.05, 0) is 111 Å². The molecule has 0 aliphatic carbocycles. The highest BCUT2D eigenvalue weighted by atomic mass is 15.0. The Bertz CT molecular complexity index is 3200. The highest BCUT2D eigenvalue weighted by Crippen LogP contribution is 2.38. The third-order valence-electron chi connectivity index (χ3n) is 11.1. The minimum atomic E-state index is 1.16. The lowest BCUT2D eigenvalue weighted by atomic mass is 9.97. The maximum Gasteiger partial charge on any atom is 0.0547 e. The summed E-state index contributed by atoms with van der Waals surface area (Å²) in [6.45, 7) is 0. The predicted octanol–water partition coefficient (Wildman–Crippen LogP) is 14.0. The van der Waals surface area contributed by atoms with Gasteiger partial charge < -0.3 is 9.13 Å². The van der Waals surface area contributed by atoms with Crippen LogP contribution in [0, 0.1) is 0 Å². The second-order valence-corrected chi connectivity index (χ2v) is 14.2. The molecule has 0 spiro atoms. The van der Waals surface area contributed by atoms with E-state index < -0.39 is 0 Å². The molecule has 2 heteroatoms. The number of aromatic nitrogens is 2. The van der Waals surface area contributed by atoms with E-state index in [1.807, 2.05) is 0 Å². The summed E-state index contributed by atoms with van der Waals surface area (Å²) in [7, 11) is 0. The van der Waals surface area contributed by atoms with Crippen molar-refractivity contribution >= 4 is 54.4 Å².